The van der Waals surface area contributed by atoms with E-state index in [2.05, 4.69) is 28.6 Å². The Morgan fingerprint density at radius 1 is 1.06 bits per heavy atom. The van der Waals surface area contributed by atoms with Gasteiger partial charge in [0.25, 0.3) is 0 Å². The molecule has 168 valence electrons. The fourth-order valence-corrected chi connectivity index (χ4v) is 4.42. The second kappa shape index (κ2) is 10.1. The minimum atomic E-state index is 0.0665. The van der Waals surface area contributed by atoms with Crippen LogP contribution >= 0.6 is 23.2 Å². The van der Waals surface area contributed by atoms with Gasteiger partial charge >= 0.3 is 0 Å². The van der Waals surface area contributed by atoms with Gasteiger partial charge < -0.3 is 10.0 Å². The van der Waals surface area contributed by atoms with E-state index in [0.717, 1.165) is 42.3 Å². The fraction of sp³-hybridized carbons (Fsp3) is 0.375. The van der Waals surface area contributed by atoms with Crippen LogP contribution in [0.2, 0.25) is 10.0 Å². The van der Waals surface area contributed by atoms with Gasteiger partial charge in [-0.1, -0.05) is 49.2 Å². The molecule has 6 nitrogen and oxygen atoms in total. The molecule has 0 spiro atoms. The highest BCUT2D eigenvalue weighted by Crippen LogP contribution is 2.35. The molecule has 1 saturated heterocycles. The van der Waals surface area contributed by atoms with Gasteiger partial charge in [0.1, 0.15) is 11.5 Å². The largest absolute Gasteiger partial charge is 0.395 e. The molecule has 0 aliphatic carbocycles. The molecule has 1 aliphatic rings. The molecule has 2 aromatic heterocycles. The number of hydrogen-bond acceptors (Lipinski definition) is 6. The Kier molecular flexibility index (Phi) is 7.26. The van der Waals surface area contributed by atoms with E-state index in [1.165, 1.54) is 0 Å². The van der Waals surface area contributed by atoms with Crippen LogP contribution < -0.4 is 4.90 Å². The van der Waals surface area contributed by atoms with Gasteiger partial charge in [0.05, 0.1) is 29.6 Å². The van der Waals surface area contributed by atoms with E-state index in [4.69, 9.17) is 33.2 Å². The second-order valence-electron chi connectivity index (χ2n) is 8.46. The predicted molar refractivity (Wildman–Crippen MR) is 130 cm³/mol. The minimum absolute atomic E-state index is 0.0665. The molecule has 1 aromatic carbocycles. The molecule has 0 amide bonds. The molecule has 0 radical (unpaired) electrons. The highest BCUT2D eigenvalue weighted by Gasteiger charge is 2.28. The highest BCUT2D eigenvalue weighted by atomic mass is 35.5. The molecule has 3 aromatic rings. The number of nitrogens with zero attached hydrogens (tertiary/aromatic N) is 5. The Morgan fingerprint density at radius 3 is 2.53 bits per heavy atom. The van der Waals surface area contributed by atoms with Crippen LogP contribution in [0.25, 0.3) is 22.5 Å². The zero-order chi connectivity index (χ0) is 22.7. The standard InChI is InChI=1S/C24H27Cl2N5O/c1-16(2)13-30-9-10-31(14-19(30)15-32)22-12-28-23(17-3-5-18(25)6-4-17)24(29-22)20-7-8-27-11-21(20)26/h3-8,11-12,16,19,32H,9-10,13-15H2,1-2H3. The zero-order valence-corrected chi connectivity index (χ0v) is 19.8. The molecule has 4 rings (SSSR count). The quantitative estimate of drug-likeness (QED) is 0.564. The summed E-state index contributed by atoms with van der Waals surface area (Å²) < 4.78 is 0. The van der Waals surface area contributed by atoms with Crippen molar-refractivity contribution in [2.24, 2.45) is 5.92 Å². The Hall–Kier alpha value is -2.25. The molecule has 1 unspecified atom stereocenters. The number of aliphatic hydroxyl groups excluding tert-OH is 1. The average molecular weight is 472 g/mol. The molecule has 0 saturated carbocycles. The molecule has 8 heteroatoms. The van der Waals surface area contributed by atoms with Crippen LogP contribution in [-0.4, -0.2) is 63.8 Å². The van der Waals surface area contributed by atoms with Crippen LogP contribution in [0.15, 0.2) is 48.9 Å². The molecule has 32 heavy (non-hydrogen) atoms. The number of piperazine rings is 1. The van der Waals surface area contributed by atoms with E-state index in [9.17, 15) is 5.11 Å². The van der Waals surface area contributed by atoms with Crippen LogP contribution in [0, 0.1) is 5.92 Å². The summed E-state index contributed by atoms with van der Waals surface area (Å²) in [6.45, 7) is 7.87. The van der Waals surface area contributed by atoms with E-state index in [-0.39, 0.29) is 12.6 Å². The predicted octanol–water partition coefficient (Wildman–Crippen LogP) is 4.65. The Bertz CT molecular complexity index is 1060. The normalized spacial score (nSPS) is 17.2. The third kappa shape index (κ3) is 5.04. The molecule has 0 bridgehead atoms. The molecule has 3 heterocycles. The number of anilines is 1. The summed E-state index contributed by atoms with van der Waals surface area (Å²) in [5, 5.41) is 11.2. The number of halogens is 2. The van der Waals surface area contributed by atoms with Gasteiger partial charge in [0.15, 0.2) is 0 Å². The lowest BCUT2D eigenvalue weighted by molar-refractivity contribution is 0.100. The van der Waals surface area contributed by atoms with Crippen molar-refractivity contribution in [2.75, 3.05) is 37.7 Å². The number of aromatic nitrogens is 3. The van der Waals surface area contributed by atoms with Crippen molar-refractivity contribution in [3.63, 3.8) is 0 Å². The monoisotopic (exact) mass is 471 g/mol. The summed E-state index contributed by atoms with van der Waals surface area (Å²) in [6, 6.07) is 9.45. The van der Waals surface area contributed by atoms with Gasteiger partial charge in [-0.15, -0.1) is 0 Å². The third-order valence-corrected chi connectivity index (χ3v) is 6.20. The van der Waals surface area contributed by atoms with Gasteiger partial charge in [-0.3, -0.25) is 14.9 Å². The van der Waals surface area contributed by atoms with Crippen molar-refractivity contribution in [2.45, 2.75) is 19.9 Å². The summed E-state index contributed by atoms with van der Waals surface area (Å²) >= 11 is 12.6. The second-order valence-corrected chi connectivity index (χ2v) is 9.30. The first-order valence-corrected chi connectivity index (χ1v) is 11.5. The molecule has 1 N–H and O–H groups in total. The van der Waals surface area contributed by atoms with Crippen LogP contribution in [0.3, 0.4) is 0 Å². The fourth-order valence-electron chi connectivity index (χ4n) is 4.09. The number of pyridine rings is 1. The Balaban J connectivity index is 1.71. The van der Waals surface area contributed by atoms with Crippen LogP contribution in [0.5, 0.6) is 0 Å². The third-order valence-electron chi connectivity index (χ3n) is 5.64. The first kappa shape index (κ1) is 22.9. The topological polar surface area (TPSA) is 65.4 Å². The maximum atomic E-state index is 9.98. The van der Waals surface area contributed by atoms with Gasteiger partial charge in [0.2, 0.25) is 0 Å². The molecule has 1 aliphatic heterocycles. The lowest BCUT2D eigenvalue weighted by Gasteiger charge is -2.42. The average Bonchev–Trinajstić information content (AvgIpc) is 2.79. The van der Waals surface area contributed by atoms with Crippen molar-refractivity contribution in [1.29, 1.82) is 0 Å². The highest BCUT2D eigenvalue weighted by molar-refractivity contribution is 6.33. The van der Waals surface area contributed by atoms with E-state index in [0.29, 0.717) is 28.2 Å². The summed E-state index contributed by atoms with van der Waals surface area (Å²) in [6.07, 6.45) is 5.12. The first-order chi connectivity index (χ1) is 15.5. The molecule has 1 atom stereocenters. The lowest BCUT2D eigenvalue weighted by atomic mass is 10.0. The number of hydrogen-bond donors (Lipinski definition) is 1. The number of benzene rings is 1. The first-order valence-electron chi connectivity index (χ1n) is 10.8. The lowest BCUT2D eigenvalue weighted by Crippen LogP contribution is -2.55. The summed E-state index contributed by atoms with van der Waals surface area (Å²) in [5.41, 5.74) is 3.11. The van der Waals surface area contributed by atoms with E-state index >= 15 is 0 Å². The zero-order valence-electron chi connectivity index (χ0n) is 18.2. The minimum Gasteiger partial charge on any atom is -0.395 e. The number of aliphatic hydroxyl groups is 1. The van der Waals surface area contributed by atoms with Crippen molar-refractivity contribution < 1.29 is 5.11 Å². The molecular formula is C24H27Cl2N5O. The van der Waals surface area contributed by atoms with E-state index < -0.39 is 0 Å². The maximum Gasteiger partial charge on any atom is 0.147 e. The van der Waals surface area contributed by atoms with Crippen LogP contribution in [0.4, 0.5) is 5.82 Å². The van der Waals surface area contributed by atoms with Crippen molar-refractivity contribution in [3.8, 4) is 22.5 Å². The van der Waals surface area contributed by atoms with Gasteiger partial charge in [-0.2, -0.15) is 0 Å². The Morgan fingerprint density at radius 2 is 1.84 bits per heavy atom. The summed E-state index contributed by atoms with van der Waals surface area (Å²) in [7, 11) is 0. The maximum absolute atomic E-state index is 9.98. The van der Waals surface area contributed by atoms with Gasteiger partial charge in [-0.05, 0) is 24.1 Å². The molecule has 1 fully saturated rings. The smallest absolute Gasteiger partial charge is 0.147 e. The van der Waals surface area contributed by atoms with Gasteiger partial charge in [-0.25, -0.2) is 4.98 Å². The van der Waals surface area contributed by atoms with Crippen molar-refractivity contribution >= 4 is 29.0 Å². The van der Waals surface area contributed by atoms with Crippen molar-refractivity contribution in [3.05, 3.63) is 59.0 Å². The Labute approximate surface area is 198 Å². The number of rotatable bonds is 6. The summed E-state index contributed by atoms with van der Waals surface area (Å²) in [5.74, 6) is 1.32. The van der Waals surface area contributed by atoms with Crippen LogP contribution in [-0.2, 0) is 0 Å². The van der Waals surface area contributed by atoms with Crippen molar-refractivity contribution in [1.82, 2.24) is 19.9 Å². The SMILES string of the molecule is CC(C)CN1CCN(c2cnc(-c3ccc(Cl)cc3)c(-c3ccncc3Cl)n2)CC1CO. The van der Waals surface area contributed by atoms with E-state index in [1.54, 1.807) is 18.6 Å². The van der Waals surface area contributed by atoms with E-state index in [1.807, 2.05) is 30.3 Å². The summed E-state index contributed by atoms with van der Waals surface area (Å²) in [4.78, 5) is 18.4. The van der Waals surface area contributed by atoms with Crippen LogP contribution in [0.1, 0.15) is 13.8 Å². The van der Waals surface area contributed by atoms with Gasteiger partial charge in [0, 0.05) is 54.7 Å². The molecular weight excluding hydrogens is 445 g/mol.